The van der Waals surface area contributed by atoms with Gasteiger partial charge in [0.1, 0.15) is 5.82 Å². The highest BCUT2D eigenvalue weighted by Gasteiger charge is 2.35. The zero-order chi connectivity index (χ0) is 29.1. The number of likely N-dealkylation sites (N-methyl/N-ethyl adjacent to an activating group) is 1. The molecule has 0 spiro atoms. The second-order valence-corrected chi connectivity index (χ2v) is 13.2. The van der Waals surface area contributed by atoms with Crippen LogP contribution in [0.5, 0.6) is 0 Å². The molecular formula is C29H40BrF3N2O4S. The maximum Gasteiger partial charge on any atom is 0.243 e. The Labute approximate surface area is 245 Å². The molecule has 0 aromatic heterocycles. The van der Waals surface area contributed by atoms with Crippen molar-refractivity contribution in [1.29, 1.82) is 0 Å². The number of ether oxygens (including phenoxy) is 2. The smallest absolute Gasteiger partial charge is 0.243 e. The minimum absolute atomic E-state index is 0.0358. The molecule has 1 fully saturated rings. The summed E-state index contributed by atoms with van der Waals surface area (Å²) in [5.74, 6) is -3.50. The van der Waals surface area contributed by atoms with Gasteiger partial charge in [0.2, 0.25) is 10.0 Å². The van der Waals surface area contributed by atoms with Crippen molar-refractivity contribution >= 4 is 26.0 Å². The molecule has 0 atom stereocenters. The fourth-order valence-corrected chi connectivity index (χ4v) is 6.88. The van der Waals surface area contributed by atoms with E-state index in [-0.39, 0.29) is 16.6 Å². The molecule has 2 aromatic rings. The maximum absolute atomic E-state index is 14.5. The van der Waals surface area contributed by atoms with Gasteiger partial charge in [0.15, 0.2) is 11.6 Å². The average Bonchev–Trinajstić information content (AvgIpc) is 2.93. The Hall–Kier alpha value is -1.50. The van der Waals surface area contributed by atoms with Crippen LogP contribution < -0.4 is 0 Å². The minimum atomic E-state index is -4.04. The zero-order valence-electron chi connectivity index (χ0n) is 23.3. The van der Waals surface area contributed by atoms with E-state index in [9.17, 15) is 21.6 Å². The molecule has 0 radical (unpaired) electrons. The summed E-state index contributed by atoms with van der Waals surface area (Å²) in [7, 11) is -0.232. The van der Waals surface area contributed by atoms with Gasteiger partial charge in [-0.15, -0.1) is 0 Å². The third kappa shape index (κ3) is 9.80. The first-order valence-electron chi connectivity index (χ1n) is 13.8. The lowest BCUT2D eigenvalue weighted by atomic mass is 9.92. The molecule has 40 heavy (non-hydrogen) atoms. The minimum Gasteiger partial charge on any atom is -0.383 e. The molecule has 0 saturated heterocycles. The predicted molar refractivity (Wildman–Crippen MR) is 153 cm³/mol. The van der Waals surface area contributed by atoms with Gasteiger partial charge in [0.25, 0.3) is 0 Å². The molecule has 1 aliphatic carbocycles. The zero-order valence-corrected chi connectivity index (χ0v) is 25.7. The van der Waals surface area contributed by atoms with Crippen LogP contribution in [0.1, 0.15) is 56.9 Å². The summed E-state index contributed by atoms with van der Waals surface area (Å²) in [6, 6.07) is 6.96. The molecule has 0 aliphatic heterocycles. The maximum atomic E-state index is 14.5. The van der Waals surface area contributed by atoms with E-state index in [1.807, 2.05) is 0 Å². The van der Waals surface area contributed by atoms with Gasteiger partial charge in [-0.2, -0.15) is 4.31 Å². The number of methoxy groups -OCH3 is 1. The highest BCUT2D eigenvalue weighted by atomic mass is 79.9. The summed E-state index contributed by atoms with van der Waals surface area (Å²) in [5.41, 5.74) is -0.206. The van der Waals surface area contributed by atoms with Gasteiger partial charge in [0.05, 0.1) is 17.6 Å². The Morgan fingerprint density at radius 3 is 2.20 bits per heavy atom. The lowest BCUT2D eigenvalue weighted by Gasteiger charge is -2.36. The van der Waals surface area contributed by atoms with Crippen LogP contribution in [0.4, 0.5) is 13.2 Å². The summed E-state index contributed by atoms with van der Waals surface area (Å²) >= 11 is 3.31. The molecule has 6 nitrogen and oxygen atoms in total. The van der Waals surface area contributed by atoms with Crippen LogP contribution in [0, 0.1) is 17.5 Å². The van der Waals surface area contributed by atoms with Crippen LogP contribution in [-0.4, -0.2) is 70.2 Å². The fraction of sp³-hybridized carbons (Fsp3) is 0.586. The van der Waals surface area contributed by atoms with Gasteiger partial charge in [0, 0.05) is 49.0 Å². The van der Waals surface area contributed by atoms with Crippen LogP contribution in [0.3, 0.4) is 0 Å². The molecule has 0 amide bonds. The highest BCUT2D eigenvalue weighted by molar-refractivity contribution is 9.10. The van der Waals surface area contributed by atoms with Crippen molar-refractivity contribution in [1.82, 2.24) is 9.21 Å². The normalized spacial score (nSPS) is 18.1. The van der Waals surface area contributed by atoms with E-state index in [1.165, 1.54) is 16.4 Å². The lowest BCUT2D eigenvalue weighted by Crippen LogP contribution is -2.43. The van der Waals surface area contributed by atoms with E-state index >= 15 is 0 Å². The first-order chi connectivity index (χ1) is 19.1. The van der Waals surface area contributed by atoms with Crippen molar-refractivity contribution in [3.05, 3.63) is 63.9 Å². The number of halogens is 4. The largest absolute Gasteiger partial charge is 0.383 e. The summed E-state index contributed by atoms with van der Waals surface area (Å²) < 4.78 is 82.4. The van der Waals surface area contributed by atoms with Crippen molar-refractivity contribution < 1.29 is 31.1 Å². The predicted octanol–water partition coefficient (Wildman–Crippen LogP) is 6.52. The van der Waals surface area contributed by atoms with Crippen LogP contribution in [0.2, 0.25) is 0 Å². The third-order valence-electron chi connectivity index (χ3n) is 7.35. The Morgan fingerprint density at radius 1 is 0.875 bits per heavy atom. The SMILES string of the molecule is COCCN(C)CCCCCCO[C@H]1CC[C@H](N(Cc2cc(F)c(F)cc2F)S(=O)(=O)c2ccc(Br)cc2)CC1. The van der Waals surface area contributed by atoms with E-state index in [0.717, 1.165) is 55.9 Å². The monoisotopic (exact) mass is 648 g/mol. The van der Waals surface area contributed by atoms with Crippen molar-refractivity contribution in [2.24, 2.45) is 0 Å². The molecule has 0 heterocycles. The molecular weight excluding hydrogens is 609 g/mol. The fourth-order valence-electron chi connectivity index (χ4n) is 4.95. The Balaban J connectivity index is 1.55. The van der Waals surface area contributed by atoms with Crippen LogP contribution >= 0.6 is 15.9 Å². The van der Waals surface area contributed by atoms with Crippen LogP contribution in [0.25, 0.3) is 0 Å². The molecule has 224 valence electrons. The lowest BCUT2D eigenvalue weighted by molar-refractivity contribution is 0.0135. The van der Waals surface area contributed by atoms with Gasteiger partial charge >= 0.3 is 0 Å². The summed E-state index contributed by atoms with van der Waals surface area (Å²) in [5, 5.41) is 0. The van der Waals surface area contributed by atoms with E-state index in [1.54, 1.807) is 19.2 Å². The summed E-state index contributed by atoms with van der Waals surface area (Å²) in [4.78, 5) is 2.32. The van der Waals surface area contributed by atoms with E-state index in [2.05, 4.69) is 27.9 Å². The molecule has 11 heteroatoms. The van der Waals surface area contributed by atoms with Gasteiger partial charge in [-0.05, 0) is 82.4 Å². The van der Waals surface area contributed by atoms with E-state index in [0.29, 0.717) is 38.4 Å². The number of sulfonamides is 1. The van der Waals surface area contributed by atoms with Crippen LogP contribution in [-0.2, 0) is 26.0 Å². The van der Waals surface area contributed by atoms with Gasteiger partial charge < -0.3 is 14.4 Å². The van der Waals surface area contributed by atoms with Crippen molar-refractivity contribution in [3.8, 4) is 0 Å². The first kappa shape index (κ1) is 33.0. The topological polar surface area (TPSA) is 59.1 Å². The van der Waals surface area contributed by atoms with Gasteiger partial charge in [-0.1, -0.05) is 28.8 Å². The van der Waals surface area contributed by atoms with Gasteiger partial charge in [-0.3, -0.25) is 0 Å². The number of hydrogen-bond acceptors (Lipinski definition) is 5. The quantitative estimate of drug-likeness (QED) is 0.153. The molecule has 3 rings (SSSR count). The molecule has 1 aliphatic rings. The Bertz CT molecular complexity index is 1160. The highest BCUT2D eigenvalue weighted by Crippen LogP contribution is 2.32. The standard InChI is InChI=1S/C29H40BrF3N2O4S/c1-34(16-18-38-2)15-5-3-4-6-17-39-25-11-9-24(10-12-25)35(21-22-19-28(32)29(33)20-27(22)31)40(36,37)26-13-7-23(30)8-14-26/h7-8,13-14,19-20,24-25H,3-6,9-12,15-18,21H2,1-2H3/t24-,25-. The number of rotatable bonds is 16. The summed E-state index contributed by atoms with van der Waals surface area (Å²) in [6.45, 7) is 2.98. The molecule has 1 saturated carbocycles. The first-order valence-corrected chi connectivity index (χ1v) is 16.0. The molecule has 0 N–H and O–H groups in total. The molecule has 0 bridgehead atoms. The molecule has 0 unspecified atom stereocenters. The third-order valence-corrected chi connectivity index (χ3v) is 9.79. The second-order valence-electron chi connectivity index (χ2n) is 10.4. The van der Waals surface area contributed by atoms with Gasteiger partial charge in [-0.25, -0.2) is 21.6 Å². The number of benzene rings is 2. The Morgan fingerprint density at radius 2 is 1.52 bits per heavy atom. The van der Waals surface area contributed by atoms with Crippen molar-refractivity contribution in [3.63, 3.8) is 0 Å². The van der Waals surface area contributed by atoms with Crippen molar-refractivity contribution in [2.45, 2.75) is 75.0 Å². The number of nitrogens with zero attached hydrogens (tertiary/aromatic N) is 2. The second kappa shape index (κ2) is 16.2. The Kier molecular flexibility index (Phi) is 13.4. The average molecular weight is 650 g/mol. The molecule has 2 aromatic carbocycles. The summed E-state index contributed by atoms with van der Waals surface area (Å²) in [6.07, 6.45) is 6.76. The number of unbranched alkanes of at least 4 members (excludes halogenated alkanes) is 3. The van der Waals surface area contributed by atoms with Crippen LogP contribution in [0.15, 0.2) is 45.8 Å². The van der Waals surface area contributed by atoms with E-state index in [4.69, 9.17) is 9.47 Å². The number of hydrogen-bond donors (Lipinski definition) is 0. The van der Waals surface area contributed by atoms with Crippen molar-refractivity contribution in [2.75, 3.05) is 40.5 Å². The van der Waals surface area contributed by atoms with E-state index < -0.39 is 40.1 Å².